The maximum Gasteiger partial charge on any atom is 0.124 e. The molecule has 166 valence electrons. The zero-order chi connectivity index (χ0) is 22.7. The molecule has 0 fully saturated rings. The zero-order valence-corrected chi connectivity index (χ0v) is 18.8. The monoisotopic (exact) mass is 432 g/mol. The van der Waals surface area contributed by atoms with Gasteiger partial charge in [0.1, 0.15) is 11.5 Å². The highest BCUT2D eigenvalue weighted by molar-refractivity contribution is 5.82. The van der Waals surface area contributed by atoms with Gasteiger partial charge >= 0.3 is 0 Å². The van der Waals surface area contributed by atoms with E-state index >= 15 is 0 Å². The van der Waals surface area contributed by atoms with Crippen LogP contribution in [0.1, 0.15) is 19.9 Å². The Balaban J connectivity index is 1.76. The number of fused-ring (bicyclic) bond motifs is 1. The van der Waals surface area contributed by atoms with Gasteiger partial charge < -0.3 is 20.1 Å². The Morgan fingerprint density at radius 3 is 2.34 bits per heavy atom. The molecule has 0 spiro atoms. The van der Waals surface area contributed by atoms with Gasteiger partial charge in [0.05, 0.1) is 43.3 Å². The Kier molecular flexibility index (Phi) is 6.23. The van der Waals surface area contributed by atoms with Gasteiger partial charge in [0.15, 0.2) is 0 Å². The van der Waals surface area contributed by atoms with E-state index in [1.807, 2.05) is 53.5 Å². The van der Waals surface area contributed by atoms with E-state index in [4.69, 9.17) is 20.2 Å². The van der Waals surface area contributed by atoms with Crippen LogP contribution in [0.25, 0.3) is 22.3 Å². The second-order valence-corrected chi connectivity index (χ2v) is 7.74. The summed E-state index contributed by atoms with van der Waals surface area (Å²) in [5.41, 5.74) is 11.2. The summed E-state index contributed by atoms with van der Waals surface area (Å²) in [7, 11) is 3.28. The SMILES string of the molecule is COc1cc(OC)cc(N(CCN)c2ccc3ncc(-c4cnn(C(C)C)c4)nc3c2)c1. The number of methoxy groups -OCH3 is 2. The minimum absolute atomic E-state index is 0.286. The number of aromatic nitrogens is 4. The lowest BCUT2D eigenvalue weighted by atomic mass is 10.2. The summed E-state index contributed by atoms with van der Waals surface area (Å²) in [6.07, 6.45) is 5.60. The fraction of sp³-hybridized carbons (Fsp3) is 0.292. The van der Waals surface area contributed by atoms with Gasteiger partial charge in [0.25, 0.3) is 0 Å². The van der Waals surface area contributed by atoms with E-state index in [9.17, 15) is 0 Å². The summed E-state index contributed by atoms with van der Waals surface area (Å²) in [6, 6.07) is 12.1. The molecule has 0 radical (unpaired) electrons. The Morgan fingerprint density at radius 1 is 0.969 bits per heavy atom. The molecule has 32 heavy (non-hydrogen) atoms. The number of hydrogen-bond acceptors (Lipinski definition) is 7. The van der Waals surface area contributed by atoms with Gasteiger partial charge in [-0.05, 0) is 32.0 Å². The van der Waals surface area contributed by atoms with Crippen LogP contribution in [0.5, 0.6) is 11.5 Å². The van der Waals surface area contributed by atoms with Crippen molar-refractivity contribution in [3.8, 4) is 22.8 Å². The van der Waals surface area contributed by atoms with Gasteiger partial charge in [0.2, 0.25) is 0 Å². The molecular formula is C24H28N6O2. The van der Waals surface area contributed by atoms with E-state index in [1.54, 1.807) is 20.4 Å². The van der Waals surface area contributed by atoms with Crippen molar-refractivity contribution in [3.63, 3.8) is 0 Å². The Bertz CT molecular complexity index is 1200. The van der Waals surface area contributed by atoms with E-state index in [0.29, 0.717) is 24.6 Å². The molecule has 0 aliphatic rings. The van der Waals surface area contributed by atoms with Crippen molar-refractivity contribution in [3.05, 3.63) is 55.0 Å². The molecule has 0 aliphatic heterocycles. The van der Waals surface area contributed by atoms with Gasteiger partial charge in [-0.2, -0.15) is 5.10 Å². The molecule has 0 saturated carbocycles. The molecule has 0 aliphatic carbocycles. The smallest absolute Gasteiger partial charge is 0.124 e. The number of nitrogens with two attached hydrogens (primary N) is 1. The molecule has 4 rings (SSSR count). The molecule has 8 nitrogen and oxygen atoms in total. The molecule has 2 aromatic heterocycles. The second kappa shape index (κ2) is 9.23. The maximum atomic E-state index is 5.94. The van der Waals surface area contributed by atoms with Gasteiger partial charge in [0, 0.05) is 60.5 Å². The molecule has 0 unspecified atom stereocenters. The number of rotatable bonds is 8. The first-order chi connectivity index (χ1) is 15.5. The van der Waals surface area contributed by atoms with Gasteiger partial charge in [-0.15, -0.1) is 0 Å². The molecule has 0 atom stereocenters. The molecule has 2 heterocycles. The zero-order valence-electron chi connectivity index (χ0n) is 18.8. The quantitative estimate of drug-likeness (QED) is 0.446. The Hall–Kier alpha value is -3.65. The first-order valence-electron chi connectivity index (χ1n) is 10.5. The van der Waals surface area contributed by atoms with Crippen LogP contribution in [-0.2, 0) is 0 Å². The minimum Gasteiger partial charge on any atom is -0.497 e. The van der Waals surface area contributed by atoms with Crippen molar-refractivity contribution < 1.29 is 9.47 Å². The lowest BCUT2D eigenvalue weighted by molar-refractivity contribution is 0.394. The molecule has 2 N–H and O–H groups in total. The van der Waals surface area contributed by atoms with E-state index < -0.39 is 0 Å². The van der Waals surface area contributed by atoms with Crippen LogP contribution in [0.2, 0.25) is 0 Å². The summed E-state index contributed by atoms with van der Waals surface area (Å²) >= 11 is 0. The molecule has 4 aromatic rings. The maximum absolute atomic E-state index is 5.94. The Labute approximate surface area is 187 Å². The number of nitrogens with zero attached hydrogens (tertiary/aromatic N) is 5. The largest absolute Gasteiger partial charge is 0.497 e. The lowest BCUT2D eigenvalue weighted by Gasteiger charge is -2.25. The Morgan fingerprint density at radius 2 is 1.72 bits per heavy atom. The first-order valence-corrected chi connectivity index (χ1v) is 10.5. The van der Waals surface area contributed by atoms with Crippen molar-refractivity contribution in [2.75, 3.05) is 32.2 Å². The average molecular weight is 433 g/mol. The highest BCUT2D eigenvalue weighted by Gasteiger charge is 2.14. The normalized spacial score (nSPS) is 11.2. The van der Waals surface area contributed by atoms with Crippen molar-refractivity contribution >= 4 is 22.4 Å². The van der Waals surface area contributed by atoms with Crippen LogP contribution in [0, 0.1) is 0 Å². The van der Waals surface area contributed by atoms with E-state index in [0.717, 1.165) is 33.7 Å². The number of benzene rings is 2. The summed E-state index contributed by atoms with van der Waals surface area (Å²) in [6.45, 7) is 5.29. The van der Waals surface area contributed by atoms with E-state index in [2.05, 4.69) is 28.8 Å². The summed E-state index contributed by atoms with van der Waals surface area (Å²) < 4.78 is 12.8. The topological polar surface area (TPSA) is 91.3 Å². The first kappa shape index (κ1) is 21.6. The van der Waals surface area contributed by atoms with Crippen LogP contribution in [0.15, 0.2) is 55.0 Å². The third-order valence-electron chi connectivity index (χ3n) is 5.26. The molecule has 8 heteroatoms. The molecule has 0 amide bonds. The van der Waals surface area contributed by atoms with E-state index in [-0.39, 0.29) is 6.04 Å². The highest BCUT2D eigenvalue weighted by atomic mass is 16.5. The van der Waals surface area contributed by atoms with Gasteiger partial charge in [-0.1, -0.05) is 0 Å². The fourth-order valence-electron chi connectivity index (χ4n) is 3.54. The second-order valence-electron chi connectivity index (χ2n) is 7.74. The van der Waals surface area contributed by atoms with Crippen LogP contribution < -0.4 is 20.1 Å². The number of hydrogen-bond donors (Lipinski definition) is 1. The van der Waals surface area contributed by atoms with Crippen LogP contribution >= 0.6 is 0 Å². The number of ether oxygens (including phenoxy) is 2. The molecule has 0 saturated heterocycles. The van der Waals surface area contributed by atoms with Crippen molar-refractivity contribution in [1.29, 1.82) is 0 Å². The van der Waals surface area contributed by atoms with Crippen molar-refractivity contribution in [2.45, 2.75) is 19.9 Å². The standard InChI is InChI=1S/C24H28N6O2/c1-16(2)30-15-17(13-27-30)24-14-26-22-6-5-18(11-23(22)28-24)29(8-7-25)19-9-20(31-3)12-21(10-19)32-4/h5-6,9-16H,7-8,25H2,1-4H3. The van der Waals surface area contributed by atoms with Crippen LogP contribution in [0.3, 0.4) is 0 Å². The van der Waals surface area contributed by atoms with Crippen molar-refractivity contribution in [2.24, 2.45) is 5.73 Å². The number of anilines is 2. The lowest BCUT2D eigenvalue weighted by Crippen LogP contribution is -2.24. The van der Waals surface area contributed by atoms with Crippen LogP contribution in [0.4, 0.5) is 11.4 Å². The summed E-state index contributed by atoms with van der Waals surface area (Å²) in [5.74, 6) is 1.43. The molecule has 2 aromatic carbocycles. The van der Waals surface area contributed by atoms with E-state index in [1.165, 1.54) is 0 Å². The predicted molar refractivity (Wildman–Crippen MR) is 127 cm³/mol. The molecular weight excluding hydrogens is 404 g/mol. The average Bonchev–Trinajstić information content (AvgIpc) is 3.32. The van der Waals surface area contributed by atoms with Crippen LogP contribution in [-0.4, -0.2) is 47.1 Å². The van der Waals surface area contributed by atoms with Gasteiger partial charge in [-0.25, -0.2) is 4.98 Å². The minimum atomic E-state index is 0.286. The summed E-state index contributed by atoms with van der Waals surface area (Å²) in [4.78, 5) is 11.6. The highest BCUT2D eigenvalue weighted by Crippen LogP contribution is 2.34. The summed E-state index contributed by atoms with van der Waals surface area (Å²) in [5, 5.41) is 4.42. The van der Waals surface area contributed by atoms with Crippen molar-refractivity contribution in [1.82, 2.24) is 19.7 Å². The van der Waals surface area contributed by atoms with Gasteiger partial charge in [-0.3, -0.25) is 9.67 Å². The third-order valence-corrected chi connectivity index (χ3v) is 5.26. The fourth-order valence-corrected chi connectivity index (χ4v) is 3.54. The predicted octanol–water partition coefficient (Wildman–Crippen LogP) is 4.19. The molecule has 0 bridgehead atoms. The third kappa shape index (κ3) is 4.36.